The predicted molar refractivity (Wildman–Crippen MR) is 120 cm³/mol. The van der Waals surface area contributed by atoms with E-state index in [9.17, 15) is 4.79 Å². The molecule has 1 N–H and O–H groups in total. The number of fused-ring (bicyclic) bond motifs is 3. The highest BCUT2D eigenvalue weighted by Gasteiger charge is 2.20. The highest BCUT2D eigenvalue weighted by molar-refractivity contribution is 5.89. The third-order valence-electron chi connectivity index (χ3n) is 5.40. The number of aromatic nitrogens is 5. The van der Waals surface area contributed by atoms with E-state index in [1.165, 1.54) is 10.8 Å². The average molecular weight is 423 g/mol. The largest absolute Gasteiger partial charge is 0.497 e. The van der Waals surface area contributed by atoms with E-state index in [2.05, 4.69) is 47.1 Å². The first-order valence-electron chi connectivity index (χ1n) is 10.2. The van der Waals surface area contributed by atoms with E-state index in [4.69, 9.17) is 9.72 Å². The van der Waals surface area contributed by atoms with Gasteiger partial charge in [0.15, 0.2) is 5.65 Å². The van der Waals surface area contributed by atoms with Gasteiger partial charge in [0.1, 0.15) is 5.75 Å². The van der Waals surface area contributed by atoms with Crippen LogP contribution in [-0.2, 0) is 6.54 Å². The van der Waals surface area contributed by atoms with Gasteiger partial charge in [-0.25, -0.2) is 14.8 Å². The van der Waals surface area contributed by atoms with Crippen molar-refractivity contribution >= 4 is 22.4 Å². The van der Waals surface area contributed by atoms with E-state index in [1.807, 2.05) is 30.5 Å². The second kappa shape index (κ2) is 8.73. The molecule has 0 aliphatic heterocycles. The first kappa shape index (κ1) is 20.8. The third-order valence-corrected chi connectivity index (χ3v) is 5.40. The number of H-pyrrole nitrogens is 1. The van der Waals surface area contributed by atoms with E-state index in [-0.39, 0.29) is 5.69 Å². The molecule has 0 fully saturated rings. The summed E-state index contributed by atoms with van der Waals surface area (Å²) in [5.41, 5.74) is 3.00. The molecule has 9 nitrogen and oxygen atoms in total. The molecule has 0 aliphatic rings. The van der Waals surface area contributed by atoms with Crippen molar-refractivity contribution in [2.24, 2.45) is 0 Å². The fraction of sp³-hybridized carbons (Fsp3) is 0.364. The number of benzene rings is 1. The smallest absolute Gasteiger partial charge is 0.425 e. The molecule has 0 atom stereocenters. The maximum absolute atomic E-state index is 13.1. The normalized spacial score (nSPS) is 11.5. The molecule has 0 unspecified atom stereocenters. The lowest BCUT2D eigenvalue weighted by Gasteiger charge is -2.20. The Morgan fingerprint density at radius 3 is 2.61 bits per heavy atom. The fourth-order valence-electron chi connectivity index (χ4n) is 3.66. The molecule has 0 saturated heterocycles. The van der Waals surface area contributed by atoms with Crippen LogP contribution in [0, 0.1) is 0 Å². The Bertz CT molecular complexity index is 1240. The van der Waals surface area contributed by atoms with Gasteiger partial charge in [-0.3, -0.25) is 4.57 Å². The van der Waals surface area contributed by atoms with Gasteiger partial charge < -0.3 is 14.5 Å². The van der Waals surface area contributed by atoms with Gasteiger partial charge in [-0.2, -0.15) is 0 Å². The summed E-state index contributed by atoms with van der Waals surface area (Å²) in [5.74, 6) is 0.776. The Balaban J connectivity index is 1.75. The van der Waals surface area contributed by atoms with Crippen LogP contribution in [0.2, 0.25) is 0 Å². The van der Waals surface area contributed by atoms with Crippen LogP contribution in [0.25, 0.3) is 16.7 Å². The van der Waals surface area contributed by atoms with Crippen molar-refractivity contribution in [3.63, 3.8) is 0 Å². The molecule has 3 heterocycles. The molecule has 0 bridgehead atoms. The summed E-state index contributed by atoms with van der Waals surface area (Å²) in [7, 11) is 7.84. The summed E-state index contributed by atoms with van der Waals surface area (Å²) in [6.07, 6.45) is 4.41. The number of ether oxygens (including phenoxy) is 1. The van der Waals surface area contributed by atoms with E-state index < -0.39 is 0 Å². The van der Waals surface area contributed by atoms with Gasteiger partial charge >= 0.3 is 5.69 Å². The first-order valence-corrected chi connectivity index (χ1v) is 10.2. The molecular weight excluding hydrogens is 394 g/mol. The van der Waals surface area contributed by atoms with Crippen molar-refractivity contribution in [3.8, 4) is 5.75 Å². The van der Waals surface area contributed by atoms with E-state index in [0.29, 0.717) is 17.8 Å². The molecule has 3 aromatic heterocycles. The summed E-state index contributed by atoms with van der Waals surface area (Å²) in [6, 6.07) is 9.73. The molecule has 0 amide bonds. The number of methoxy groups -OCH3 is 1. The lowest BCUT2D eigenvalue weighted by Crippen LogP contribution is -2.30. The lowest BCUT2D eigenvalue weighted by atomic mass is 10.2. The van der Waals surface area contributed by atoms with Crippen LogP contribution in [0.4, 0.5) is 5.69 Å². The number of rotatable bonds is 8. The van der Waals surface area contributed by atoms with Crippen LogP contribution in [0.1, 0.15) is 12.0 Å². The van der Waals surface area contributed by atoms with Crippen molar-refractivity contribution in [2.75, 3.05) is 46.2 Å². The van der Waals surface area contributed by atoms with Crippen molar-refractivity contribution < 1.29 is 9.72 Å². The van der Waals surface area contributed by atoms with Gasteiger partial charge in [-0.05, 0) is 55.3 Å². The number of hydrogen-bond acceptors (Lipinski definition) is 6. The zero-order chi connectivity index (χ0) is 22.0. The van der Waals surface area contributed by atoms with Gasteiger partial charge in [0.2, 0.25) is 0 Å². The highest BCUT2D eigenvalue weighted by Crippen LogP contribution is 2.21. The SMILES string of the molecule is COc1ccc(Cn2c(=O)n3nc[nH+]c3c3cc(N(C)CCCN(C)C)cnc32)cc1. The standard InChI is InChI=1S/C22H27N7O2/c1-26(2)10-5-11-27(3)17-12-19-20(23-13-17)28(22(30)29-21(19)24-15-25-29)14-16-6-8-18(31-4)9-7-16/h6-9,12-13,15H,5,10-11,14H2,1-4H3/p+1. The van der Waals surface area contributed by atoms with E-state index in [0.717, 1.165) is 41.9 Å². The quantitative estimate of drug-likeness (QED) is 0.426. The van der Waals surface area contributed by atoms with Gasteiger partial charge in [-0.15, -0.1) is 0 Å². The summed E-state index contributed by atoms with van der Waals surface area (Å²) in [6.45, 7) is 2.32. The summed E-state index contributed by atoms with van der Waals surface area (Å²) in [4.78, 5) is 25.3. The van der Waals surface area contributed by atoms with Crippen LogP contribution in [-0.4, -0.2) is 65.4 Å². The average Bonchev–Trinajstić information content (AvgIpc) is 3.27. The Labute approximate surface area is 180 Å². The predicted octanol–water partition coefficient (Wildman–Crippen LogP) is 1.30. The number of nitrogens with zero attached hydrogens (tertiary/aromatic N) is 6. The van der Waals surface area contributed by atoms with Crippen LogP contribution in [0.5, 0.6) is 5.75 Å². The number of nitrogens with one attached hydrogen (secondary N) is 1. The molecule has 162 valence electrons. The van der Waals surface area contributed by atoms with Crippen molar-refractivity contribution in [3.05, 3.63) is 58.9 Å². The molecule has 0 spiro atoms. The summed E-state index contributed by atoms with van der Waals surface area (Å²) in [5, 5.41) is 5.05. The topological polar surface area (TPSA) is 82.0 Å². The Morgan fingerprint density at radius 2 is 1.90 bits per heavy atom. The van der Waals surface area contributed by atoms with E-state index >= 15 is 0 Å². The Hall–Kier alpha value is -3.46. The maximum Gasteiger partial charge on any atom is 0.425 e. The summed E-state index contributed by atoms with van der Waals surface area (Å²) < 4.78 is 8.28. The number of hydrogen-bond donors (Lipinski definition) is 0. The van der Waals surface area contributed by atoms with Crippen LogP contribution < -0.4 is 20.3 Å². The second-order valence-corrected chi connectivity index (χ2v) is 7.91. The Kier molecular flexibility index (Phi) is 5.85. The van der Waals surface area contributed by atoms with Crippen molar-refractivity contribution in [1.29, 1.82) is 0 Å². The number of anilines is 1. The minimum Gasteiger partial charge on any atom is -0.497 e. The molecular formula is C22H28N7O2+. The molecule has 1 aromatic carbocycles. The second-order valence-electron chi connectivity index (χ2n) is 7.91. The van der Waals surface area contributed by atoms with Crippen LogP contribution in [0.15, 0.2) is 47.7 Å². The van der Waals surface area contributed by atoms with Crippen molar-refractivity contribution in [2.45, 2.75) is 13.0 Å². The zero-order valence-electron chi connectivity index (χ0n) is 18.4. The van der Waals surface area contributed by atoms with E-state index in [1.54, 1.807) is 11.7 Å². The van der Waals surface area contributed by atoms with Gasteiger partial charge in [-0.1, -0.05) is 12.1 Å². The molecule has 0 radical (unpaired) electrons. The number of pyridine rings is 1. The molecule has 31 heavy (non-hydrogen) atoms. The summed E-state index contributed by atoms with van der Waals surface area (Å²) >= 11 is 0. The molecule has 4 rings (SSSR count). The Morgan fingerprint density at radius 1 is 1.13 bits per heavy atom. The fourth-order valence-corrected chi connectivity index (χ4v) is 3.66. The first-order chi connectivity index (χ1) is 15.0. The number of aromatic amines is 1. The minimum absolute atomic E-state index is 0.237. The van der Waals surface area contributed by atoms with Gasteiger partial charge in [0, 0.05) is 18.7 Å². The van der Waals surface area contributed by atoms with Crippen LogP contribution in [0.3, 0.4) is 0 Å². The molecule has 0 aliphatic carbocycles. The lowest BCUT2D eigenvalue weighted by molar-refractivity contribution is -0.345. The molecule has 9 heteroatoms. The third kappa shape index (κ3) is 4.22. The maximum atomic E-state index is 13.1. The highest BCUT2D eigenvalue weighted by atomic mass is 16.5. The monoisotopic (exact) mass is 422 g/mol. The van der Waals surface area contributed by atoms with Gasteiger partial charge in [0.05, 0.1) is 30.9 Å². The zero-order valence-corrected chi connectivity index (χ0v) is 18.4. The molecule has 0 saturated carbocycles. The van der Waals surface area contributed by atoms with Crippen molar-refractivity contribution in [1.82, 2.24) is 24.1 Å². The van der Waals surface area contributed by atoms with Crippen LogP contribution >= 0.6 is 0 Å². The van der Waals surface area contributed by atoms with Gasteiger partial charge in [0.25, 0.3) is 12.0 Å². The molecule has 4 aromatic rings. The minimum atomic E-state index is -0.237.